The van der Waals surface area contributed by atoms with E-state index >= 15 is 4.39 Å². The normalized spacial score (nSPS) is 14.6. The summed E-state index contributed by atoms with van der Waals surface area (Å²) in [4.78, 5) is 1.95. The molecule has 1 aliphatic rings. The Balaban J connectivity index is 1.26. The molecule has 10 aromatic carbocycles. The van der Waals surface area contributed by atoms with Gasteiger partial charge < -0.3 is 9.64 Å². The first-order valence-corrected chi connectivity index (χ1v) is 20.9. The Labute approximate surface area is 387 Å². The van der Waals surface area contributed by atoms with Gasteiger partial charge in [0.2, 0.25) is 0 Å². The van der Waals surface area contributed by atoms with E-state index in [-0.39, 0.29) is 35.3 Å². The SMILES string of the molecule is [2H]c1c([2H])c([2H])c(-c2cccc(N(c3cc(F)cc(C4(c5cccc(-c6c([2H])c([2H])c([2H])c([2H])c6[2H])c5)c5ccccc5Oc5ccccc54)c3)c3c(-c4ccccc4)cccc3-c3ccccc3)c2)c([2H])c1[2H]. The number of nitrogens with zero attached hydrogens (tertiary/aromatic N) is 1. The summed E-state index contributed by atoms with van der Waals surface area (Å²) in [5.41, 5.74) is 6.45. The van der Waals surface area contributed by atoms with Gasteiger partial charge in [0.15, 0.2) is 0 Å². The van der Waals surface area contributed by atoms with Gasteiger partial charge in [-0.15, -0.1) is 0 Å². The lowest BCUT2D eigenvalue weighted by molar-refractivity contribution is 0.434. The molecular weight excluding hydrogens is 782 g/mol. The van der Waals surface area contributed by atoms with Crippen LogP contribution in [0.3, 0.4) is 0 Å². The van der Waals surface area contributed by atoms with Gasteiger partial charge in [0.25, 0.3) is 0 Å². The molecule has 0 spiro atoms. The second-order valence-corrected chi connectivity index (χ2v) is 15.4. The zero-order valence-corrected chi connectivity index (χ0v) is 34.2. The molecule has 0 aromatic heterocycles. The number of hydrogen-bond acceptors (Lipinski definition) is 2. The fraction of sp³-hybridized carbons (Fsp3) is 0.0164. The number of benzene rings is 10. The molecule has 0 N–H and O–H groups in total. The van der Waals surface area contributed by atoms with Crippen LogP contribution in [0.4, 0.5) is 21.5 Å². The van der Waals surface area contributed by atoms with Crippen molar-refractivity contribution in [2.45, 2.75) is 5.41 Å². The summed E-state index contributed by atoms with van der Waals surface area (Å²) < 4.78 is 111. The van der Waals surface area contributed by atoms with Crippen LogP contribution in [0.2, 0.25) is 0 Å². The van der Waals surface area contributed by atoms with Crippen LogP contribution in [0, 0.1) is 5.82 Å². The van der Waals surface area contributed by atoms with Crippen LogP contribution in [0.15, 0.2) is 255 Å². The van der Waals surface area contributed by atoms with E-state index in [1.54, 1.807) is 36.4 Å². The van der Waals surface area contributed by atoms with Crippen LogP contribution >= 0.6 is 0 Å². The van der Waals surface area contributed by atoms with Gasteiger partial charge in [0.1, 0.15) is 17.3 Å². The molecule has 0 radical (unpaired) electrons. The van der Waals surface area contributed by atoms with E-state index in [4.69, 9.17) is 18.4 Å². The number of ether oxygens (including phenoxy) is 1. The molecule has 0 unspecified atom stereocenters. The third kappa shape index (κ3) is 6.85. The topological polar surface area (TPSA) is 12.5 Å². The fourth-order valence-corrected chi connectivity index (χ4v) is 9.09. The van der Waals surface area contributed by atoms with Crippen molar-refractivity contribution in [3.63, 3.8) is 0 Å². The molecule has 0 saturated heterocycles. The van der Waals surface area contributed by atoms with Crippen LogP contribution < -0.4 is 9.64 Å². The molecule has 3 heteroatoms. The summed E-state index contributed by atoms with van der Waals surface area (Å²) in [5.74, 6) is 0.383. The quantitative estimate of drug-likeness (QED) is 0.144. The maximum Gasteiger partial charge on any atom is 0.132 e. The highest BCUT2D eigenvalue weighted by Crippen LogP contribution is 2.57. The molecule has 2 nitrogen and oxygen atoms in total. The second-order valence-electron chi connectivity index (χ2n) is 15.4. The van der Waals surface area contributed by atoms with Crippen LogP contribution in [-0.2, 0) is 5.41 Å². The van der Waals surface area contributed by atoms with Crippen molar-refractivity contribution in [1.29, 1.82) is 0 Å². The highest BCUT2D eigenvalue weighted by Gasteiger charge is 2.46. The third-order valence-electron chi connectivity index (χ3n) is 11.8. The van der Waals surface area contributed by atoms with Crippen molar-refractivity contribution < 1.29 is 22.8 Å². The average molecular weight is 834 g/mol. The predicted octanol–water partition coefficient (Wildman–Crippen LogP) is 16.5. The summed E-state index contributed by atoms with van der Waals surface area (Å²) in [6.07, 6.45) is 0. The Hall–Kier alpha value is -8.27. The molecule has 0 amide bonds. The van der Waals surface area contributed by atoms with E-state index < -0.39 is 47.5 Å². The molecular formula is C61H42FNO. The first-order valence-electron chi connectivity index (χ1n) is 25.9. The Kier molecular flexibility index (Phi) is 7.52. The molecule has 0 atom stereocenters. The van der Waals surface area contributed by atoms with Gasteiger partial charge in [-0.25, -0.2) is 4.39 Å². The van der Waals surface area contributed by atoms with E-state index in [2.05, 4.69) is 0 Å². The zero-order chi connectivity index (χ0) is 51.6. The van der Waals surface area contributed by atoms with Crippen molar-refractivity contribution in [1.82, 2.24) is 0 Å². The van der Waals surface area contributed by atoms with E-state index in [0.29, 0.717) is 61.9 Å². The van der Waals surface area contributed by atoms with Crippen molar-refractivity contribution in [2.24, 2.45) is 0 Å². The van der Waals surface area contributed by atoms with E-state index in [0.717, 1.165) is 22.3 Å². The minimum atomic E-state index is -1.40. The molecule has 0 bridgehead atoms. The Bertz CT molecular complexity index is 3710. The van der Waals surface area contributed by atoms with Crippen LogP contribution in [0.5, 0.6) is 11.5 Å². The predicted molar refractivity (Wildman–Crippen MR) is 261 cm³/mol. The summed E-state index contributed by atoms with van der Waals surface area (Å²) in [6.45, 7) is 0. The Morgan fingerprint density at radius 2 is 0.891 bits per heavy atom. The minimum Gasteiger partial charge on any atom is -0.457 e. The number of halogens is 1. The zero-order valence-electron chi connectivity index (χ0n) is 44.2. The molecule has 0 fully saturated rings. The fourth-order valence-electron chi connectivity index (χ4n) is 9.09. The highest BCUT2D eigenvalue weighted by molar-refractivity contribution is 5.98. The van der Waals surface area contributed by atoms with E-state index in [1.807, 2.05) is 150 Å². The molecule has 1 heterocycles. The maximum atomic E-state index is 17.7. The van der Waals surface area contributed by atoms with Crippen molar-refractivity contribution in [3.05, 3.63) is 283 Å². The lowest BCUT2D eigenvalue weighted by atomic mass is 9.63. The van der Waals surface area contributed by atoms with Gasteiger partial charge in [-0.05, 0) is 93.0 Å². The first kappa shape index (κ1) is 29.1. The van der Waals surface area contributed by atoms with Crippen molar-refractivity contribution >= 4 is 17.1 Å². The summed E-state index contributed by atoms with van der Waals surface area (Å²) in [5, 5.41) is 0. The summed E-state index contributed by atoms with van der Waals surface area (Å²) in [7, 11) is 0. The van der Waals surface area contributed by atoms with Crippen LogP contribution in [0.1, 0.15) is 36.0 Å². The molecule has 1 aliphatic heterocycles. The lowest BCUT2D eigenvalue weighted by Gasteiger charge is -2.42. The van der Waals surface area contributed by atoms with Gasteiger partial charge in [0, 0.05) is 33.6 Å². The highest BCUT2D eigenvalue weighted by atomic mass is 19.1. The number of para-hydroxylation sites is 3. The van der Waals surface area contributed by atoms with Crippen LogP contribution in [-0.4, -0.2) is 0 Å². The van der Waals surface area contributed by atoms with Crippen molar-refractivity contribution in [2.75, 3.05) is 4.90 Å². The minimum absolute atomic E-state index is 0.00530. The van der Waals surface area contributed by atoms with Gasteiger partial charge in [-0.3, -0.25) is 0 Å². The number of hydrogen-bond donors (Lipinski definition) is 0. The summed E-state index contributed by atoms with van der Waals surface area (Å²) >= 11 is 0. The van der Waals surface area contributed by atoms with Gasteiger partial charge in [-0.1, -0.05) is 206 Å². The molecule has 10 aromatic rings. The monoisotopic (exact) mass is 833 g/mol. The smallest absolute Gasteiger partial charge is 0.132 e. The molecule has 0 aliphatic carbocycles. The number of rotatable bonds is 9. The lowest BCUT2D eigenvalue weighted by Crippen LogP contribution is -2.34. The number of fused-ring (bicyclic) bond motifs is 2. The van der Waals surface area contributed by atoms with E-state index in [9.17, 15) is 0 Å². The Morgan fingerprint density at radius 1 is 0.391 bits per heavy atom. The largest absolute Gasteiger partial charge is 0.457 e. The van der Waals surface area contributed by atoms with Gasteiger partial charge in [-0.2, -0.15) is 0 Å². The molecule has 304 valence electrons. The van der Waals surface area contributed by atoms with Crippen molar-refractivity contribution in [3.8, 4) is 56.0 Å². The molecule has 11 rings (SSSR count). The standard InChI is InChI=1S/C61H42FNO/c62-51-40-50(61(49-30-17-28-47(38-49)43-20-5-1-6-21-43)56-34-13-15-36-58(56)64-59-37-16-14-35-57(59)61)41-53(42-51)63(52-31-18-29-48(39-52)44-22-7-2-8-23-44)60-54(45-24-9-3-10-25-45)32-19-33-55(60)46-26-11-4-12-27-46/h1-42H/i1D,2D,5D,6D,7D,8D,20D,21D,22D,23D. The van der Waals surface area contributed by atoms with Gasteiger partial charge in [0.05, 0.1) is 24.8 Å². The average Bonchev–Trinajstić information content (AvgIpc) is 3.43. The van der Waals surface area contributed by atoms with Crippen LogP contribution in [0.25, 0.3) is 44.5 Å². The first-order chi connectivity index (χ1) is 35.8. The number of anilines is 3. The molecule has 0 saturated carbocycles. The second kappa shape index (κ2) is 16.5. The molecule has 64 heavy (non-hydrogen) atoms. The third-order valence-corrected chi connectivity index (χ3v) is 11.8. The van der Waals surface area contributed by atoms with E-state index in [1.165, 1.54) is 12.1 Å². The van der Waals surface area contributed by atoms with Gasteiger partial charge >= 0.3 is 0 Å². The summed E-state index contributed by atoms with van der Waals surface area (Å²) in [6, 6.07) is 55.3. The Morgan fingerprint density at radius 3 is 1.48 bits per heavy atom. The maximum absolute atomic E-state index is 17.7.